The summed E-state index contributed by atoms with van der Waals surface area (Å²) in [5.41, 5.74) is 2.94. The maximum Gasteiger partial charge on any atom is 0.257 e. The molecule has 1 fully saturated rings. The van der Waals surface area contributed by atoms with E-state index in [-0.39, 0.29) is 23.5 Å². The normalized spacial score (nSPS) is 16.4. The Bertz CT molecular complexity index is 999. The molecule has 2 aromatic carbocycles. The maximum absolute atomic E-state index is 13.1. The predicted octanol–water partition coefficient (Wildman–Crippen LogP) is 4.58. The van der Waals surface area contributed by atoms with Crippen LogP contribution in [0.2, 0.25) is 0 Å². The van der Waals surface area contributed by atoms with Crippen LogP contribution in [-0.2, 0) is 4.79 Å². The van der Waals surface area contributed by atoms with Gasteiger partial charge in [0.15, 0.2) is 0 Å². The summed E-state index contributed by atoms with van der Waals surface area (Å²) >= 11 is 0. The van der Waals surface area contributed by atoms with Gasteiger partial charge in [-0.1, -0.05) is 24.3 Å². The van der Waals surface area contributed by atoms with Crippen LogP contribution in [0.1, 0.15) is 23.2 Å². The number of likely N-dealkylation sites (tertiary alicyclic amines) is 1. The van der Waals surface area contributed by atoms with Gasteiger partial charge in [-0.2, -0.15) is 0 Å². The molecule has 1 N–H and O–H groups in total. The van der Waals surface area contributed by atoms with Crippen molar-refractivity contribution in [1.82, 2.24) is 4.90 Å². The molecule has 1 atom stereocenters. The standard InChI is InChI=1S/C23H21FN2O3/c24-20-8-6-16(7-9-20)17-3-1-5-21(13-17)25-22(27)18-4-2-11-26(14-18)23(28)19-10-12-29-15-19/h1,3,5-10,12-13,15,18H,2,4,11,14H2,(H,25,27). The summed E-state index contributed by atoms with van der Waals surface area (Å²) in [6.07, 6.45) is 4.40. The number of furan rings is 1. The van der Waals surface area contributed by atoms with Crippen molar-refractivity contribution in [2.75, 3.05) is 18.4 Å². The van der Waals surface area contributed by atoms with Gasteiger partial charge in [0.1, 0.15) is 12.1 Å². The topological polar surface area (TPSA) is 62.6 Å². The third kappa shape index (κ3) is 4.37. The zero-order valence-electron chi connectivity index (χ0n) is 15.8. The van der Waals surface area contributed by atoms with Crippen LogP contribution in [0.4, 0.5) is 10.1 Å². The van der Waals surface area contributed by atoms with Crippen LogP contribution in [0, 0.1) is 11.7 Å². The van der Waals surface area contributed by atoms with Crippen LogP contribution >= 0.6 is 0 Å². The Balaban J connectivity index is 1.43. The highest BCUT2D eigenvalue weighted by Crippen LogP contribution is 2.25. The Morgan fingerprint density at radius 3 is 2.66 bits per heavy atom. The number of benzene rings is 2. The van der Waals surface area contributed by atoms with Gasteiger partial charge < -0.3 is 14.6 Å². The van der Waals surface area contributed by atoms with E-state index in [0.29, 0.717) is 24.3 Å². The molecule has 29 heavy (non-hydrogen) atoms. The lowest BCUT2D eigenvalue weighted by Crippen LogP contribution is -2.43. The van der Waals surface area contributed by atoms with Gasteiger partial charge in [0.05, 0.1) is 17.7 Å². The summed E-state index contributed by atoms with van der Waals surface area (Å²) in [7, 11) is 0. The number of amides is 2. The molecule has 148 valence electrons. The van der Waals surface area contributed by atoms with Crippen molar-refractivity contribution in [2.45, 2.75) is 12.8 Å². The van der Waals surface area contributed by atoms with Gasteiger partial charge in [0, 0.05) is 18.8 Å². The van der Waals surface area contributed by atoms with Gasteiger partial charge in [-0.3, -0.25) is 9.59 Å². The Morgan fingerprint density at radius 1 is 1.07 bits per heavy atom. The molecule has 6 heteroatoms. The monoisotopic (exact) mass is 392 g/mol. The van der Waals surface area contributed by atoms with Crippen LogP contribution in [0.3, 0.4) is 0 Å². The van der Waals surface area contributed by atoms with Gasteiger partial charge in [0.2, 0.25) is 5.91 Å². The van der Waals surface area contributed by atoms with Crippen molar-refractivity contribution < 1.29 is 18.4 Å². The predicted molar refractivity (Wildman–Crippen MR) is 108 cm³/mol. The van der Waals surface area contributed by atoms with E-state index < -0.39 is 0 Å². The SMILES string of the molecule is O=C(Nc1cccc(-c2ccc(F)cc2)c1)C1CCCN(C(=O)c2ccoc2)C1. The first-order valence-corrected chi connectivity index (χ1v) is 9.58. The first kappa shape index (κ1) is 18.9. The largest absolute Gasteiger partial charge is 0.472 e. The average molecular weight is 392 g/mol. The molecule has 1 aliphatic heterocycles. The molecule has 0 radical (unpaired) electrons. The molecule has 3 aromatic rings. The van der Waals surface area contributed by atoms with Crippen LogP contribution in [0.5, 0.6) is 0 Å². The lowest BCUT2D eigenvalue weighted by atomic mass is 9.96. The van der Waals surface area contributed by atoms with Gasteiger partial charge in [-0.15, -0.1) is 0 Å². The molecular formula is C23H21FN2O3. The fraction of sp³-hybridized carbons (Fsp3) is 0.217. The zero-order valence-corrected chi connectivity index (χ0v) is 15.8. The number of piperidine rings is 1. The van der Waals surface area contributed by atoms with Crippen molar-refractivity contribution in [3.05, 3.63) is 78.5 Å². The summed E-state index contributed by atoms with van der Waals surface area (Å²) in [6, 6.07) is 15.3. The molecule has 0 aliphatic carbocycles. The van der Waals surface area contributed by atoms with E-state index in [1.165, 1.54) is 24.7 Å². The molecule has 2 amide bonds. The lowest BCUT2D eigenvalue weighted by Gasteiger charge is -2.31. The van der Waals surface area contributed by atoms with E-state index in [0.717, 1.165) is 24.0 Å². The average Bonchev–Trinajstić information content (AvgIpc) is 3.29. The minimum absolute atomic E-state index is 0.106. The number of carbonyl (C=O) groups is 2. The van der Waals surface area contributed by atoms with E-state index in [4.69, 9.17) is 4.42 Å². The second-order valence-electron chi connectivity index (χ2n) is 7.18. The second-order valence-corrected chi connectivity index (χ2v) is 7.18. The quantitative estimate of drug-likeness (QED) is 0.707. The highest BCUT2D eigenvalue weighted by molar-refractivity contribution is 5.96. The smallest absolute Gasteiger partial charge is 0.257 e. The summed E-state index contributed by atoms with van der Waals surface area (Å²) in [5.74, 6) is -0.778. The molecule has 1 aromatic heterocycles. The fourth-order valence-corrected chi connectivity index (χ4v) is 3.61. The van der Waals surface area contributed by atoms with Gasteiger partial charge >= 0.3 is 0 Å². The Kier molecular flexibility index (Phi) is 5.42. The number of hydrogen-bond donors (Lipinski definition) is 1. The minimum Gasteiger partial charge on any atom is -0.472 e. The van der Waals surface area contributed by atoms with Crippen molar-refractivity contribution in [1.29, 1.82) is 0 Å². The molecule has 0 spiro atoms. The second kappa shape index (κ2) is 8.31. The van der Waals surface area contributed by atoms with E-state index in [1.54, 1.807) is 23.1 Å². The highest BCUT2D eigenvalue weighted by Gasteiger charge is 2.29. The number of carbonyl (C=O) groups excluding carboxylic acids is 2. The number of rotatable bonds is 4. The summed E-state index contributed by atoms with van der Waals surface area (Å²) in [5, 5.41) is 2.96. The highest BCUT2D eigenvalue weighted by atomic mass is 19.1. The van der Waals surface area contributed by atoms with Crippen molar-refractivity contribution in [3.8, 4) is 11.1 Å². The number of nitrogens with zero attached hydrogens (tertiary/aromatic N) is 1. The van der Waals surface area contributed by atoms with Crippen LogP contribution in [0.15, 0.2) is 71.5 Å². The molecule has 0 bridgehead atoms. The van der Waals surface area contributed by atoms with Gasteiger partial charge in [-0.05, 0) is 54.3 Å². The first-order chi connectivity index (χ1) is 14.1. The summed E-state index contributed by atoms with van der Waals surface area (Å²) < 4.78 is 18.1. The molecular weight excluding hydrogens is 371 g/mol. The third-order valence-corrected chi connectivity index (χ3v) is 5.16. The van der Waals surface area contributed by atoms with E-state index >= 15 is 0 Å². The Hall–Kier alpha value is -3.41. The molecule has 1 saturated heterocycles. The molecule has 1 unspecified atom stereocenters. The molecule has 0 saturated carbocycles. The van der Waals surface area contributed by atoms with Crippen LogP contribution < -0.4 is 5.32 Å². The van der Waals surface area contributed by atoms with E-state index in [9.17, 15) is 14.0 Å². The molecule has 5 nitrogen and oxygen atoms in total. The van der Waals surface area contributed by atoms with Crippen LogP contribution in [0.25, 0.3) is 11.1 Å². The van der Waals surface area contributed by atoms with Crippen molar-refractivity contribution >= 4 is 17.5 Å². The van der Waals surface area contributed by atoms with E-state index in [1.807, 2.05) is 24.3 Å². The van der Waals surface area contributed by atoms with Gasteiger partial charge in [0.25, 0.3) is 5.91 Å². The Labute approximate surface area is 168 Å². The summed E-state index contributed by atoms with van der Waals surface area (Å²) in [6.45, 7) is 1.02. The zero-order chi connectivity index (χ0) is 20.2. The lowest BCUT2D eigenvalue weighted by molar-refractivity contribution is -0.121. The number of hydrogen-bond acceptors (Lipinski definition) is 3. The molecule has 2 heterocycles. The van der Waals surface area contributed by atoms with Crippen molar-refractivity contribution in [2.24, 2.45) is 5.92 Å². The third-order valence-electron chi connectivity index (χ3n) is 5.16. The number of halogens is 1. The first-order valence-electron chi connectivity index (χ1n) is 9.58. The van der Waals surface area contributed by atoms with E-state index in [2.05, 4.69) is 5.32 Å². The maximum atomic E-state index is 13.1. The Morgan fingerprint density at radius 2 is 1.90 bits per heavy atom. The number of nitrogens with one attached hydrogen (secondary N) is 1. The molecule has 1 aliphatic rings. The minimum atomic E-state index is -0.287. The van der Waals surface area contributed by atoms with Gasteiger partial charge in [-0.25, -0.2) is 4.39 Å². The fourth-order valence-electron chi connectivity index (χ4n) is 3.61. The van der Waals surface area contributed by atoms with Crippen LogP contribution in [-0.4, -0.2) is 29.8 Å². The van der Waals surface area contributed by atoms with Crippen molar-refractivity contribution in [3.63, 3.8) is 0 Å². The number of anilines is 1. The molecule has 4 rings (SSSR count). The summed E-state index contributed by atoms with van der Waals surface area (Å²) in [4.78, 5) is 27.0.